The number of nitrogen functional groups attached to an aromatic ring is 1. The Labute approximate surface area is 201 Å². The predicted octanol–water partition coefficient (Wildman–Crippen LogP) is 6.47. The fourth-order valence-electron chi connectivity index (χ4n) is 3.99. The zero-order valence-corrected chi connectivity index (χ0v) is 19.6. The molecule has 0 bridgehead atoms. The standard InChI is InChI=1S/C26H26F3N5O/c1-4-17-6-5-7-23(24(17)35-3)34-20-8-9-22-21(13-20)25(33-15(2)32-22)31-14-16-10-18(26(27,28)29)12-19(30)11-16/h5-13,34H,4,14,30H2,1-3H3,(H,31,32,33). The van der Waals surface area contributed by atoms with Crippen LogP contribution in [0.4, 0.5) is 36.1 Å². The van der Waals surface area contributed by atoms with Crippen LogP contribution in [0.25, 0.3) is 10.9 Å². The molecule has 0 radical (unpaired) electrons. The van der Waals surface area contributed by atoms with Gasteiger partial charge in [0.1, 0.15) is 17.4 Å². The van der Waals surface area contributed by atoms with Gasteiger partial charge in [0.15, 0.2) is 0 Å². The van der Waals surface area contributed by atoms with Crippen molar-refractivity contribution in [3.8, 4) is 5.75 Å². The van der Waals surface area contributed by atoms with Crippen LogP contribution in [0.5, 0.6) is 5.75 Å². The van der Waals surface area contributed by atoms with Crippen molar-refractivity contribution >= 4 is 33.8 Å². The molecule has 1 aromatic heterocycles. The topological polar surface area (TPSA) is 85.1 Å². The number of halogens is 3. The number of aryl methyl sites for hydroxylation is 2. The Kier molecular flexibility index (Phi) is 6.68. The molecule has 0 aliphatic rings. The summed E-state index contributed by atoms with van der Waals surface area (Å²) in [6.07, 6.45) is -3.64. The largest absolute Gasteiger partial charge is 0.494 e. The van der Waals surface area contributed by atoms with Gasteiger partial charge in [-0.3, -0.25) is 0 Å². The van der Waals surface area contributed by atoms with Gasteiger partial charge in [-0.2, -0.15) is 13.2 Å². The van der Waals surface area contributed by atoms with Gasteiger partial charge >= 0.3 is 6.18 Å². The molecule has 0 atom stereocenters. The number of benzene rings is 3. The minimum absolute atomic E-state index is 0.0510. The number of nitrogens with zero attached hydrogens (tertiary/aromatic N) is 2. The quantitative estimate of drug-likeness (QED) is 0.263. The number of alkyl halides is 3. The second-order valence-electron chi connectivity index (χ2n) is 8.14. The van der Waals surface area contributed by atoms with Gasteiger partial charge in [0.05, 0.1) is 23.9 Å². The predicted molar refractivity (Wildman–Crippen MR) is 133 cm³/mol. The van der Waals surface area contributed by atoms with Crippen LogP contribution in [-0.4, -0.2) is 17.1 Å². The summed E-state index contributed by atoms with van der Waals surface area (Å²) in [6, 6.07) is 15.1. The lowest BCUT2D eigenvalue weighted by Gasteiger charge is -2.16. The van der Waals surface area contributed by atoms with E-state index in [4.69, 9.17) is 10.5 Å². The maximum absolute atomic E-state index is 13.2. The number of anilines is 4. The molecular weight excluding hydrogens is 455 g/mol. The molecule has 6 nitrogen and oxygen atoms in total. The Hall–Kier alpha value is -4.01. The Morgan fingerprint density at radius 2 is 1.83 bits per heavy atom. The van der Waals surface area contributed by atoms with E-state index in [9.17, 15) is 13.2 Å². The minimum atomic E-state index is -4.47. The molecule has 0 amide bonds. The van der Waals surface area contributed by atoms with Gasteiger partial charge in [-0.1, -0.05) is 19.1 Å². The summed E-state index contributed by atoms with van der Waals surface area (Å²) in [5, 5.41) is 7.27. The number of hydrogen-bond acceptors (Lipinski definition) is 6. The number of ether oxygens (including phenoxy) is 1. The zero-order chi connectivity index (χ0) is 25.2. The van der Waals surface area contributed by atoms with E-state index in [1.165, 1.54) is 6.07 Å². The van der Waals surface area contributed by atoms with Crippen molar-refractivity contribution in [3.05, 3.63) is 77.1 Å². The Morgan fingerprint density at radius 1 is 1.03 bits per heavy atom. The van der Waals surface area contributed by atoms with E-state index in [-0.39, 0.29) is 12.2 Å². The molecule has 9 heteroatoms. The highest BCUT2D eigenvalue weighted by Crippen LogP contribution is 2.34. The highest BCUT2D eigenvalue weighted by atomic mass is 19.4. The molecule has 0 saturated carbocycles. The number of nitrogens with two attached hydrogens (primary N) is 1. The van der Waals surface area contributed by atoms with Crippen LogP contribution in [0.3, 0.4) is 0 Å². The van der Waals surface area contributed by atoms with E-state index in [1.807, 2.05) is 36.4 Å². The SMILES string of the molecule is CCc1cccc(Nc2ccc3nc(C)nc(NCc4cc(N)cc(C(F)(F)F)c4)c3c2)c1OC. The van der Waals surface area contributed by atoms with Crippen molar-refractivity contribution < 1.29 is 17.9 Å². The summed E-state index contributed by atoms with van der Waals surface area (Å²) in [6.45, 7) is 3.94. The van der Waals surface area contributed by atoms with Crippen LogP contribution < -0.4 is 21.1 Å². The lowest BCUT2D eigenvalue weighted by atomic mass is 10.1. The monoisotopic (exact) mass is 481 g/mol. The van der Waals surface area contributed by atoms with E-state index in [0.717, 1.165) is 46.6 Å². The van der Waals surface area contributed by atoms with E-state index in [1.54, 1.807) is 14.0 Å². The third-order valence-electron chi connectivity index (χ3n) is 5.57. The van der Waals surface area contributed by atoms with Crippen molar-refractivity contribution in [3.63, 3.8) is 0 Å². The fraction of sp³-hybridized carbons (Fsp3) is 0.231. The van der Waals surface area contributed by atoms with Gasteiger partial charge in [0.25, 0.3) is 0 Å². The lowest BCUT2D eigenvalue weighted by Crippen LogP contribution is -2.09. The Bertz CT molecular complexity index is 1370. The summed E-state index contributed by atoms with van der Waals surface area (Å²) >= 11 is 0. The van der Waals surface area contributed by atoms with Gasteiger partial charge in [-0.25, -0.2) is 9.97 Å². The van der Waals surface area contributed by atoms with Crippen LogP contribution in [0.2, 0.25) is 0 Å². The van der Waals surface area contributed by atoms with E-state index in [2.05, 4.69) is 27.5 Å². The molecule has 1 heterocycles. The number of methoxy groups -OCH3 is 1. The first-order valence-electron chi connectivity index (χ1n) is 11.1. The zero-order valence-electron chi connectivity index (χ0n) is 19.6. The Morgan fingerprint density at radius 3 is 2.54 bits per heavy atom. The van der Waals surface area contributed by atoms with Gasteiger partial charge in [-0.05, 0) is 66.9 Å². The molecule has 4 aromatic rings. The van der Waals surface area contributed by atoms with E-state index in [0.29, 0.717) is 22.7 Å². The van der Waals surface area contributed by atoms with E-state index >= 15 is 0 Å². The molecule has 4 N–H and O–H groups in total. The second-order valence-corrected chi connectivity index (χ2v) is 8.14. The molecule has 0 aliphatic carbocycles. The molecular formula is C26H26F3N5O. The summed E-state index contributed by atoms with van der Waals surface area (Å²) < 4.78 is 45.2. The van der Waals surface area contributed by atoms with Crippen molar-refractivity contribution in [2.75, 3.05) is 23.5 Å². The number of hydrogen-bond donors (Lipinski definition) is 3. The molecule has 182 valence electrons. The van der Waals surface area contributed by atoms with Crippen molar-refractivity contribution in [1.29, 1.82) is 0 Å². The number of para-hydroxylation sites is 1. The van der Waals surface area contributed by atoms with Crippen molar-refractivity contribution in [1.82, 2.24) is 9.97 Å². The van der Waals surface area contributed by atoms with Crippen LogP contribution in [-0.2, 0) is 19.1 Å². The molecule has 0 fully saturated rings. The van der Waals surface area contributed by atoms with Gasteiger partial charge < -0.3 is 21.1 Å². The normalized spacial score (nSPS) is 11.5. The first-order chi connectivity index (χ1) is 16.7. The summed E-state index contributed by atoms with van der Waals surface area (Å²) in [5.41, 5.74) is 8.79. The highest BCUT2D eigenvalue weighted by molar-refractivity contribution is 5.92. The van der Waals surface area contributed by atoms with Crippen LogP contribution in [0.1, 0.15) is 29.4 Å². The molecule has 0 unspecified atom stereocenters. The maximum atomic E-state index is 13.2. The number of fused-ring (bicyclic) bond motifs is 1. The summed E-state index contributed by atoms with van der Waals surface area (Å²) in [4.78, 5) is 8.98. The molecule has 0 spiro atoms. The molecule has 35 heavy (non-hydrogen) atoms. The van der Waals surface area contributed by atoms with Gasteiger partial charge in [-0.15, -0.1) is 0 Å². The average Bonchev–Trinajstić information content (AvgIpc) is 2.81. The first kappa shape index (κ1) is 24.1. The Balaban J connectivity index is 1.66. The summed E-state index contributed by atoms with van der Waals surface area (Å²) in [5.74, 6) is 1.83. The van der Waals surface area contributed by atoms with Gasteiger partial charge in [0, 0.05) is 23.3 Å². The molecule has 0 aliphatic heterocycles. The fourth-order valence-corrected chi connectivity index (χ4v) is 3.99. The maximum Gasteiger partial charge on any atom is 0.416 e. The number of nitrogens with one attached hydrogen (secondary N) is 2. The second kappa shape index (κ2) is 9.69. The van der Waals surface area contributed by atoms with Crippen molar-refractivity contribution in [2.24, 2.45) is 0 Å². The molecule has 0 saturated heterocycles. The third kappa shape index (κ3) is 5.40. The van der Waals surface area contributed by atoms with Crippen LogP contribution in [0.15, 0.2) is 54.6 Å². The number of aromatic nitrogens is 2. The van der Waals surface area contributed by atoms with E-state index < -0.39 is 11.7 Å². The average molecular weight is 482 g/mol. The smallest absolute Gasteiger partial charge is 0.416 e. The highest BCUT2D eigenvalue weighted by Gasteiger charge is 2.31. The first-order valence-corrected chi connectivity index (χ1v) is 11.1. The number of rotatable bonds is 7. The molecule has 4 rings (SSSR count). The molecule has 3 aromatic carbocycles. The van der Waals surface area contributed by atoms with Crippen LogP contribution in [0, 0.1) is 6.92 Å². The third-order valence-corrected chi connectivity index (χ3v) is 5.57. The van der Waals surface area contributed by atoms with Crippen molar-refractivity contribution in [2.45, 2.75) is 33.0 Å². The lowest BCUT2D eigenvalue weighted by molar-refractivity contribution is -0.137. The minimum Gasteiger partial charge on any atom is -0.494 e. The summed E-state index contributed by atoms with van der Waals surface area (Å²) in [7, 11) is 1.64. The van der Waals surface area contributed by atoms with Gasteiger partial charge in [0.2, 0.25) is 0 Å². The van der Waals surface area contributed by atoms with Crippen LogP contribution >= 0.6 is 0 Å².